The molecule has 1 aliphatic heterocycles. The largest absolute Gasteiger partial charge is 0.480 e. The van der Waals surface area contributed by atoms with Crippen LogP contribution in [-0.4, -0.2) is 82.0 Å². The first-order valence-corrected chi connectivity index (χ1v) is 14.5. The van der Waals surface area contributed by atoms with Gasteiger partial charge in [0.15, 0.2) is 0 Å². The maximum absolute atomic E-state index is 13.3. The summed E-state index contributed by atoms with van der Waals surface area (Å²) in [6, 6.07) is 12.1. The summed E-state index contributed by atoms with van der Waals surface area (Å²) in [5.41, 5.74) is 1.04. The summed E-state index contributed by atoms with van der Waals surface area (Å²) in [6.07, 6.45) is 1.60. The number of rotatable bonds is 9. The fourth-order valence-electron chi connectivity index (χ4n) is 4.60. The maximum Gasteiger partial charge on any atom is 0.412 e. The Morgan fingerprint density at radius 3 is 2.42 bits per heavy atom. The SMILES string of the molecule is CSCC[C@H](NC(=O)c1ccc(N(C(=O)O)C2CCCN(C(=O)OC(C)(C)C)C2)cc1-c1ccccc1)C(=O)O. The minimum atomic E-state index is -1.18. The number of piperidine rings is 1. The number of carboxylic acid groups (broad SMARTS) is 2. The first-order chi connectivity index (χ1) is 18.9. The van der Waals surface area contributed by atoms with E-state index in [1.807, 2.05) is 12.3 Å². The number of nitrogens with zero attached hydrogens (tertiary/aromatic N) is 2. The van der Waals surface area contributed by atoms with Gasteiger partial charge in [-0.15, -0.1) is 0 Å². The van der Waals surface area contributed by atoms with Gasteiger partial charge < -0.3 is 25.2 Å². The van der Waals surface area contributed by atoms with Gasteiger partial charge in [-0.2, -0.15) is 11.8 Å². The molecule has 0 saturated carbocycles. The summed E-state index contributed by atoms with van der Waals surface area (Å²) in [5, 5.41) is 22.4. The highest BCUT2D eigenvalue weighted by Crippen LogP contribution is 2.32. The van der Waals surface area contributed by atoms with E-state index in [0.717, 1.165) is 0 Å². The van der Waals surface area contributed by atoms with Crippen LogP contribution in [0.1, 0.15) is 50.4 Å². The zero-order chi connectivity index (χ0) is 29.4. The average molecular weight is 572 g/mol. The van der Waals surface area contributed by atoms with E-state index in [1.165, 1.54) is 27.6 Å². The number of carbonyl (C=O) groups excluding carboxylic acids is 2. The Hall–Kier alpha value is -3.73. The molecule has 0 aliphatic carbocycles. The first kappa shape index (κ1) is 30.8. The Morgan fingerprint density at radius 1 is 1.12 bits per heavy atom. The van der Waals surface area contributed by atoms with Crippen molar-refractivity contribution in [2.24, 2.45) is 0 Å². The van der Waals surface area contributed by atoms with E-state index in [4.69, 9.17) is 4.74 Å². The Bertz CT molecular complexity index is 1220. The molecular weight excluding hydrogens is 534 g/mol. The smallest absolute Gasteiger partial charge is 0.412 e. The second kappa shape index (κ2) is 13.6. The Labute approximate surface area is 238 Å². The monoisotopic (exact) mass is 571 g/mol. The lowest BCUT2D eigenvalue weighted by atomic mass is 9.96. The molecule has 11 heteroatoms. The summed E-state index contributed by atoms with van der Waals surface area (Å²) in [6.45, 7) is 5.97. The van der Waals surface area contributed by atoms with Crippen molar-refractivity contribution < 1.29 is 34.1 Å². The topological polar surface area (TPSA) is 136 Å². The third-order valence-corrected chi connectivity index (χ3v) is 7.09. The van der Waals surface area contributed by atoms with Crippen LogP contribution < -0.4 is 10.2 Å². The highest BCUT2D eigenvalue weighted by atomic mass is 32.2. The summed E-state index contributed by atoms with van der Waals surface area (Å²) in [5.74, 6) is -1.12. The number of nitrogens with one attached hydrogen (secondary N) is 1. The highest BCUT2D eigenvalue weighted by molar-refractivity contribution is 7.98. The lowest BCUT2D eigenvalue weighted by Gasteiger charge is -2.38. The number of carbonyl (C=O) groups is 4. The number of likely N-dealkylation sites (tertiary alicyclic amines) is 1. The average Bonchev–Trinajstić information content (AvgIpc) is 2.90. The van der Waals surface area contributed by atoms with Crippen LogP contribution >= 0.6 is 11.8 Å². The third kappa shape index (κ3) is 8.14. The summed E-state index contributed by atoms with van der Waals surface area (Å²) < 4.78 is 5.50. The van der Waals surface area contributed by atoms with Crippen LogP contribution in [0.5, 0.6) is 0 Å². The van der Waals surface area contributed by atoms with Crippen molar-refractivity contribution in [2.75, 3.05) is 30.0 Å². The number of aliphatic carboxylic acids is 1. The molecule has 1 heterocycles. The molecule has 2 atom stereocenters. The van der Waals surface area contributed by atoms with Crippen LogP contribution in [0.25, 0.3) is 11.1 Å². The standard InChI is InChI=1S/C29H37N3O7S/c1-29(2,3)39-28(38)31-15-8-11-21(18-31)32(27(36)37)20-12-13-22(23(17-20)19-9-6-5-7-10-19)25(33)30-24(26(34)35)14-16-40-4/h5-7,9-10,12-13,17,21,24H,8,11,14-16,18H2,1-4H3,(H,30,33)(H,34,35)(H,36,37)/t21?,24-/m0/s1. The van der Waals surface area contributed by atoms with E-state index in [9.17, 15) is 29.4 Å². The normalized spacial score (nSPS) is 16.1. The first-order valence-electron chi connectivity index (χ1n) is 13.1. The number of ether oxygens (including phenoxy) is 1. The molecule has 3 rings (SSSR count). The second-order valence-corrected chi connectivity index (χ2v) is 11.6. The number of amides is 3. The Morgan fingerprint density at radius 2 is 1.82 bits per heavy atom. The van der Waals surface area contributed by atoms with Crippen molar-refractivity contribution >= 4 is 41.5 Å². The van der Waals surface area contributed by atoms with Gasteiger partial charge >= 0.3 is 18.2 Å². The number of thioether (sulfide) groups is 1. The van der Waals surface area contributed by atoms with E-state index in [2.05, 4.69) is 5.32 Å². The molecule has 3 amide bonds. The zero-order valence-corrected chi connectivity index (χ0v) is 24.1. The van der Waals surface area contributed by atoms with Crippen LogP contribution in [0.15, 0.2) is 48.5 Å². The van der Waals surface area contributed by atoms with E-state index in [1.54, 1.807) is 57.2 Å². The molecule has 216 valence electrons. The molecule has 1 unspecified atom stereocenters. The lowest BCUT2D eigenvalue weighted by molar-refractivity contribution is -0.139. The van der Waals surface area contributed by atoms with Crippen LogP contribution in [0, 0.1) is 0 Å². The molecular formula is C29H37N3O7S. The number of benzene rings is 2. The quantitative estimate of drug-likeness (QED) is 0.375. The van der Waals surface area contributed by atoms with Gasteiger partial charge in [0.2, 0.25) is 0 Å². The Balaban J connectivity index is 1.96. The van der Waals surface area contributed by atoms with E-state index in [-0.39, 0.29) is 18.5 Å². The van der Waals surface area contributed by atoms with Gasteiger partial charge in [-0.05, 0) is 81.4 Å². The summed E-state index contributed by atoms with van der Waals surface area (Å²) in [4.78, 5) is 53.0. The minimum absolute atomic E-state index is 0.167. The van der Waals surface area contributed by atoms with Crippen molar-refractivity contribution in [1.82, 2.24) is 10.2 Å². The predicted molar refractivity (Wildman–Crippen MR) is 155 cm³/mol. The summed E-state index contributed by atoms with van der Waals surface area (Å²) >= 11 is 1.49. The van der Waals surface area contributed by atoms with Gasteiger partial charge in [-0.1, -0.05) is 30.3 Å². The van der Waals surface area contributed by atoms with E-state index < -0.39 is 41.7 Å². The fraction of sp³-hybridized carbons (Fsp3) is 0.448. The van der Waals surface area contributed by atoms with Crippen LogP contribution in [0.3, 0.4) is 0 Å². The number of hydrogen-bond donors (Lipinski definition) is 3. The van der Waals surface area contributed by atoms with Gasteiger partial charge in [-0.25, -0.2) is 14.4 Å². The minimum Gasteiger partial charge on any atom is -0.480 e. The van der Waals surface area contributed by atoms with Gasteiger partial charge in [0.05, 0.1) is 6.04 Å². The molecule has 2 aromatic carbocycles. The fourth-order valence-corrected chi connectivity index (χ4v) is 5.07. The van der Waals surface area contributed by atoms with Gasteiger partial charge in [-0.3, -0.25) is 9.69 Å². The molecule has 2 aromatic rings. The van der Waals surface area contributed by atoms with Crippen molar-refractivity contribution in [3.05, 3.63) is 54.1 Å². The van der Waals surface area contributed by atoms with E-state index >= 15 is 0 Å². The van der Waals surface area contributed by atoms with Crippen molar-refractivity contribution in [2.45, 2.75) is 57.7 Å². The molecule has 1 saturated heterocycles. The zero-order valence-electron chi connectivity index (χ0n) is 23.3. The second-order valence-electron chi connectivity index (χ2n) is 10.6. The lowest BCUT2D eigenvalue weighted by Crippen LogP contribution is -2.52. The number of hydrogen-bond acceptors (Lipinski definition) is 6. The molecule has 0 aromatic heterocycles. The molecule has 1 fully saturated rings. The van der Waals surface area contributed by atoms with Crippen molar-refractivity contribution in [3.8, 4) is 11.1 Å². The number of anilines is 1. The Kier molecular flexibility index (Phi) is 10.4. The summed E-state index contributed by atoms with van der Waals surface area (Å²) in [7, 11) is 0. The van der Waals surface area contributed by atoms with Crippen LogP contribution in [0.4, 0.5) is 15.3 Å². The molecule has 0 radical (unpaired) electrons. The highest BCUT2D eigenvalue weighted by Gasteiger charge is 2.34. The predicted octanol–water partition coefficient (Wildman–Crippen LogP) is 5.17. The van der Waals surface area contributed by atoms with Gasteiger partial charge in [0.25, 0.3) is 5.91 Å². The van der Waals surface area contributed by atoms with Crippen LogP contribution in [-0.2, 0) is 9.53 Å². The maximum atomic E-state index is 13.3. The number of carboxylic acids is 1. The molecule has 3 N–H and O–H groups in total. The van der Waals surface area contributed by atoms with Gasteiger partial charge in [0, 0.05) is 24.3 Å². The third-order valence-electron chi connectivity index (χ3n) is 6.44. The molecule has 0 spiro atoms. The van der Waals surface area contributed by atoms with Crippen molar-refractivity contribution in [3.63, 3.8) is 0 Å². The molecule has 0 bridgehead atoms. The van der Waals surface area contributed by atoms with Crippen LogP contribution in [0.2, 0.25) is 0 Å². The molecule has 1 aliphatic rings. The van der Waals surface area contributed by atoms with Crippen molar-refractivity contribution in [1.29, 1.82) is 0 Å². The van der Waals surface area contributed by atoms with Gasteiger partial charge in [0.1, 0.15) is 11.6 Å². The van der Waals surface area contributed by atoms with E-state index in [0.29, 0.717) is 42.0 Å². The molecule has 10 nitrogen and oxygen atoms in total. The molecule has 40 heavy (non-hydrogen) atoms.